The highest BCUT2D eigenvalue weighted by atomic mass is 79.9. The quantitative estimate of drug-likeness (QED) is 0.754. The van der Waals surface area contributed by atoms with Crippen LogP contribution in [0.2, 0.25) is 10.0 Å². The van der Waals surface area contributed by atoms with Gasteiger partial charge >= 0.3 is 0 Å². The van der Waals surface area contributed by atoms with Crippen molar-refractivity contribution in [3.63, 3.8) is 0 Å². The number of hydrogen-bond acceptors (Lipinski definition) is 3. The van der Waals surface area contributed by atoms with Gasteiger partial charge in [-0.05, 0) is 45.8 Å². The number of nitrogen functional groups attached to an aromatic ring is 1. The smallest absolute Gasteiger partial charge is 0.242 e. The molecule has 3 N–H and O–H groups in total. The lowest BCUT2D eigenvalue weighted by Crippen LogP contribution is -2.23. The van der Waals surface area contributed by atoms with Crippen LogP contribution in [0.3, 0.4) is 0 Å². The summed E-state index contributed by atoms with van der Waals surface area (Å²) in [5.74, 6) is 0. The number of nitrogens with two attached hydrogens (primary N) is 1. The fraction of sp³-hybridized carbons (Fsp3) is 0.0769. The molecule has 0 fully saturated rings. The molecular weight excluding hydrogens is 399 g/mol. The van der Waals surface area contributed by atoms with E-state index in [9.17, 15) is 8.42 Å². The van der Waals surface area contributed by atoms with Crippen LogP contribution in [0.15, 0.2) is 45.8 Å². The Hall–Kier alpha value is -0.790. The van der Waals surface area contributed by atoms with E-state index in [0.29, 0.717) is 5.02 Å². The topological polar surface area (TPSA) is 72.2 Å². The lowest BCUT2D eigenvalue weighted by atomic mass is 10.2. The molecule has 0 radical (unpaired) electrons. The largest absolute Gasteiger partial charge is 0.398 e. The predicted octanol–water partition coefficient (Wildman–Crippen LogP) is 3.82. The Bertz CT molecular complexity index is 764. The van der Waals surface area contributed by atoms with Crippen LogP contribution in [0.25, 0.3) is 0 Å². The average Bonchev–Trinajstić information content (AvgIpc) is 2.42. The molecule has 0 aliphatic carbocycles. The van der Waals surface area contributed by atoms with Gasteiger partial charge in [0.2, 0.25) is 10.0 Å². The summed E-state index contributed by atoms with van der Waals surface area (Å²) in [6, 6.07) is 9.69. The highest BCUT2D eigenvalue weighted by Gasteiger charge is 2.20. The summed E-state index contributed by atoms with van der Waals surface area (Å²) in [6.07, 6.45) is 0. The third-order valence-electron chi connectivity index (χ3n) is 2.70. The van der Waals surface area contributed by atoms with Gasteiger partial charge in [0.25, 0.3) is 0 Å². The molecule has 0 saturated carbocycles. The first-order valence-electron chi connectivity index (χ1n) is 5.78. The van der Waals surface area contributed by atoms with Crippen LogP contribution in [-0.2, 0) is 16.6 Å². The molecule has 2 aromatic carbocycles. The molecule has 2 aromatic rings. The fourth-order valence-corrected chi connectivity index (χ4v) is 4.07. The van der Waals surface area contributed by atoms with E-state index < -0.39 is 10.0 Å². The predicted molar refractivity (Wildman–Crippen MR) is 89.0 cm³/mol. The van der Waals surface area contributed by atoms with Crippen LogP contribution in [0.4, 0.5) is 5.69 Å². The monoisotopic (exact) mass is 408 g/mol. The zero-order valence-corrected chi connectivity index (χ0v) is 14.5. The number of halogens is 3. The third-order valence-corrected chi connectivity index (χ3v) is 5.74. The number of rotatable bonds is 4. The molecule has 0 aliphatic rings. The van der Waals surface area contributed by atoms with Crippen LogP contribution < -0.4 is 10.5 Å². The molecule has 0 spiro atoms. The molecule has 8 heteroatoms. The minimum atomic E-state index is -3.74. The van der Waals surface area contributed by atoms with Crippen molar-refractivity contribution >= 4 is 54.8 Å². The second kappa shape index (κ2) is 6.54. The molecule has 0 aromatic heterocycles. The Morgan fingerprint density at radius 3 is 2.33 bits per heavy atom. The summed E-state index contributed by atoms with van der Waals surface area (Å²) < 4.78 is 27.4. The number of anilines is 1. The number of sulfonamides is 1. The van der Waals surface area contributed by atoms with Crippen molar-refractivity contribution in [3.8, 4) is 0 Å². The standard InChI is InChI=1S/C13H11BrCl2N2O2S/c14-13-11(17)5-10(16)6-12(13)21(19,20)18-7-8-1-3-9(15)4-2-8/h1-6,18H,7,17H2. The van der Waals surface area contributed by atoms with E-state index in [1.807, 2.05) is 0 Å². The van der Waals surface area contributed by atoms with E-state index in [-0.39, 0.29) is 26.6 Å². The fourth-order valence-electron chi connectivity index (χ4n) is 1.64. The van der Waals surface area contributed by atoms with Crippen molar-refractivity contribution in [1.29, 1.82) is 0 Å². The molecule has 0 heterocycles. The summed E-state index contributed by atoms with van der Waals surface area (Å²) in [7, 11) is -3.74. The normalized spacial score (nSPS) is 11.6. The van der Waals surface area contributed by atoms with Crippen molar-refractivity contribution < 1.29 is 8.42 Å². The summed E-state index contributed by atoms with van der Waals surface area (Å²) >= 11 is 14.8. The maximum absolute atomic E-state index is 12.3. The van der Waals surface area contributed by atoms with E-state index in [1.165, 1.54) is 12.1 Å². The second-order valence-corrected chi connectivity index (χ2v) is 7.66. The Morgan fingerprint density at radius 1 is 1.10 bits per heavy atom. The molecule has 21 heavy (non-hydrogen) atoms. The van der Waals surface area contributed by atoms with Crippen LogP contribution in [-0.4, -0.2) is 8.42 Å². The van der Waals surface area contributed by atoms with Gasteiger partial charge in [-0.2, -0.15) is 0 Å². The van der Waals surface area contributed by atoms with E-state index >= 15 is 0 Å². The molecule has 2 rings (SSSR count). The Labute approximate surface area is 141 Å². The van der Waals surface area contributed by atoms with Crippen molar-refractivity contribution in [2.75, 3.05) is 5.73 Å². The maximum atomic E-state index is 12.3. The van der Waals surface area contributed by atoms with E-state index in [2.05, 4.69) is 20.7 Å². The molecular formula is C13H11BrCl2N2O2S. The first-order valence-corrected chi connectivity index (χ1v) is 8.81. The van der Waals surface area contributed by atoms with Gasteiger partial charge in [-0.3, -0.25) is 0 Å². The van der Waals surface area contributed by atoms with E-state index in [4.69, 9.17) is 28.9 Å². The summed E-state index contributed by atoms with van der Waals surface area (Å²) in [5, 5.41) is 0.842. The Kier molecular flexibility index (Phi) is 5.16. The van der Waals surface area contributed by atoms with Crippen molar-refractivity contribution in [1.82, 2.24) is 4.72 Å². The second-order valence-electron chi connectivity index (χ2n) is 4.26. The molecule has 112 valence electrons. The zero-order chi connectivity index (χ0) is 15.6. The maximum Gasteiger partial charge on any atom is 0.242 e. The molecule has 4 nitrogen and oxygen atoms in total. The molecule has 0 aliphatic heterocycles. The van der Waals surface area contributed by atoms with Gasteiger partial charge in [0.1, 0.15) is 0 Å². The first kappa shape index (κ1) is 16.6. The van der Waals surface area contributed by atoms with Gasteiger partial charge in [0, 0.05) is 22.3 Å². The van der Waals surface area contributed by atoms with Crippen LogP contribution in [0.1, 0.15) is 5.56 Å². The van der Waals surface area contributed by atoms with Crippen molar-refractivity contribution in [2.24, 2.45) is 0 Å². The minimum Gasteiger partial charge on any atom is -0.398 e. The summed E-state index contributed by atoms with van der Waals surface area (Å²) in [6.45, 7) is 0.137. The van der Waals surface area contributed by atoms with Crippen LogP contribution >= 0.6 is 39.1 Å². The van der Waals surface area contributed by atoms with Gasteiger partial charge in [0.05, 0.1) is 9.37 Å². The van der Waals surface area contributed by atoms with E-state index in [0.717, 1.165) is 5.56 Å². The van der Waals surface area contributed by atoms with Gasteiger partial charge in [-0.25, -0.2) is 13.1 Å². The lowest BCUT2D eigenvalue weighted by Gasteiger charge is -2.11. The molecule has 0 amide bonds. The van der Waals surface area contributed by atoms with Crippen molar-refractivity contribution in [2.45, 2.75) is 11.4 Å². The van der Waals surface area contributed by atoms with E-state index in [1.54, 1.807) is 24.3 Å². The molecule has 0 unspecified atom stereocenters. The van der Waals surface area contributed by atoms with Gasteiger partial charge < -0.3 is 5.73 Å². The number of hydrogen-bond donors (Lipinski definition) is 2. The third kappa shape index (κ3) is 4.11. The first-order chi connectivity index (χ1) is 9.79. The summed E-state index contributed by atoms with van der Waals surface area (Å²) in [5.41, 5.74) is 6.75. The van der Waals surface area contributed by atoms with Gasteiger partial charge in [-0.15, -0.1) is 0 Å². The molecule has 0 atom stereocenters. The van der Waals surface area contributed by atoms with Crippen LogP contribution in [0, 0.1) is 0 Å². The number of benzene rings is 2. The molecule has 0 bridgehead atoms. The Morgan fingerprint density at radius 2 is 1.71 bits per heavy atom. The van der Waals surface area contributed by atoms with Crippen LogP contribution in [0.5, 0.6) is 0 Å². The Balaban J connectivity index is 2.25. The number of nitrogens with one attached hydrogen (secondary N) is 1. The zero-order valence-electron chi connectivity index (χ0n) is 10.6. The highest BCUT2D eigenvalue weighted by Crippen LogP contribution is 2.31. The molecule has 0 saturated heterocycles. The minimum absolute atomic E-state index is 0.00136. The highest BCUT2D eigenvalue weighted by molar-refractivity contribution is 9.10. The van der Waals surface area contributed by atoms with Crippen molar-refractivity contribution in [3.05, 3.63) is 56.5 Å². The average molecular weight is 410 g/mol. The lowest BCUT2D eigenvalue weighted by molar-refractivity contribution is 0.581. The van der Waals surface area contributed by atoms with Gasteiger partial charge in [0.15, 0.2) is 0 Å². The van der Waals surface area contributed by atoms with Gasteiger partial charge in [-0.1, -0.05) is 35.3 Å². The SMILES string of the molecule is Nc1cc(Cl)cc(S(=O)(=O)NCc2ccc(Cl)cc2)c1Br. The summed E-state index contributed by atoms with van der Waals surface area (Å²) in [4.78, 5) is 0.00136.